The molecule has 2 atom stereocenters. The van der Waals surface area contributed by atoms with Crippen LogP contribution in [0.25, 0.3) is 0 Å². The lowest BCUT2D eigenvalue weighted by Crippen LogP contribution is -2.42. The molecule has 0 aromatic heterocycles. The first kappa shape index (κ1) is 12.5. The van der Waals surface area contributed by atoms with Crippen molar-refractivity contribution < 1.29 is 4.74 Å². The second kappa shape index (κ2) is 4.53. The lowest BCUT2D eigenvalue weighted by Gasteiger charge is -2.42. The van der Waals surface area contributed by atoms with Gasteiger partial charge in [0.1, 0.15) is 11.4 Å². The van der Waals surface area contributed by atoms with Crippen LogP contribution in [-0.4, -0.2) is 5.60 Å². The van der Waals surface area contributed by atoms with Crippen LogP contribution in [0.1, 0.15) is 50.6 Å². The third kappa shape index (κ3) is 2.30. The van der Waals surface area contributed by atoms with Crippen LogP contribution in [-0.2, 0) is 0 Å². The maximum Gasteiger partial charge on any atom is 0.124 e. The van der Waals surface area contributed by atoms with E-state index in [2.05, 4.69) is 28.9 Å². The monoisotopic (exact) mass is 309 g/mol. The highest BCUT2D eigenvalue weighted by Crippen LogP contribution is 2.44. The molecule has 1 aromatic rings. The molecule has 2 nitrogen and oxygen atoms in total. The minimum Gasteiger partial charge on any atom is -0.487 e. The molecular formula is C15H20BrNO. The predicted octanol–water partition coefficient (Wildman–Crippen LogP) is 4.18. The Labute approximate surface area is 117 Å². The molecule has 0 saturated heterocycles. The van der Waals surface area contributed by atoms with Crippen LogP contribution in [0.2, 0.25) is 0 Å². The Bertz CT molecular complexity index is 458. The zero-order valence-electron chi connectivity index (χ0n) is 10.8. The summed E-state index contributed by atoms with van der Waals surface area (Å²) in [5.74, 6) is 1.82. The van der Waals surface area contributed by atoms with Crippen LogP contribution >= 0.6 is 15.9 Å². The van der Waals surface area contributed by atoms with Gasteiger partial charge in [0.15, 0.2) is 0 Å². The molecule has 98 valence electrons. The van der Waals surface area contributed by atoms with Gasteiger partial charge in [0, 0.05) is 22.5 Å². The van der Waals surface area contributed by atoms with Gasteiger partial charge in [-0.15, -0.1) is 0 Å². The van der Waals surface area contributed by atoms with Gasteiger partial charge in [-0.3, -0.25) is 0 Å². The van der Waals surface area contributed by atoms with Crippen LogP contribution in [0.3, 0.4) is 0 Å². The largest absolute Gasteiger partial charge is 0.487 e. The summed E-state index contributed by atoms with van der Waals surface area (Å²) in [5, 5.41) is 0. The molecule has 1 fully saturated rings. The van der Waals surface area contributed by atoms with E-state index in [9.17, 15) is 0 Å². The Kier molecular flexibility index (Phi) is 3.15. The molecule has 3 heteroatoms. The summed E-state index contributed by atoms with van der Waals surface area (Å²) in [7, 11) is 0. The van der Waals surface area contributed by atoms with Crippen LogP contribution in [0.15, 0.2) is 22.7 Å². The first-order valence-electron chi connectivity index (χ1n) is 6.80. The molecule has 0 spiro atoms. The van der Waals surface area contributed by atoms with Gasteiger partial charge < -0.3 is 10.5 Å². The van der Waals surface area contributed by atoms with E-state index in [1.807, 2.05) is 12.1 Å². The van der Waals surface area contributed by atoms with Crippen molar-refractivity contribution in [2.75, 3.05) is 0 Å². The molecule has 1 aromatic carbocycles. The molecule has 1 saturated carbocycles. The van der Waals surface area contributed by atoms with Crippen molar-refractivity contribution in [1.29, 1.82) is 0 Å². The van der Waals surface area contributed by atoms with E-state index in [-0.39, 0.29) is 11.6 Å². The van der Waals surface area contributed by atoms with E-state index in [1.54, 1.807) is 0 Å². The highest BCUT2D eigenvalue weighted by atomic mass is 79.9. The predicted molar refractivity (Wildman–Crippen MR) is 76.7 cm³/mol. The smallest absolute Gasteiger partial charge is 0.124 e. The number of ether oxygens (including phenoxy) is 1. The highest BCUT2D eigenvalue weighted by molar-refractivity contribution is 9.10. The summed E-state index contributed by atoms with van der Waals surface area (Å²) in [6.07, 6.45) is 6.18. The zero-order valence-corrected chi connectivity index (χ0v) is 12.4. The summed E-state index contributed by atoms with van der Waals surface area (Å²) < 4.78 is 7.32. The molecular weight excluding hydrogens is 290 g/mol. The summed E-state index contributed by atoms with van der Waals surface area (Å²) in [6, 6.07) is 6.25. The number of fused-ring (bicyclic) bond motifs is 1. The van der Waals surface area contributed by atoms with E-state index in [0.717, 1.165) is 34.5 Å². The first-order valence-corrected chi connectivity index (χ1v) is 7.59. The molecule has 0 radical (unpaired) electrons. The van der Waals surface area contributed by atoms with Crippen LogP contribution < -0.4 is 10.5 Å². The van der Waals surface area contributed by atoms with E-state index < -0.39 is 0 Å². The SMILES string of the molecule is CC1(CC2CCC2)CC(N)c2cc(Br)ccc2O1. The van der Waals surface area contributed by atoms with Gasteiger partial charge in [-0.25, -0.2) is 0 Å². The number of rotatable bonds is 2. The molecule has 0 bridgehead atoms. The van der Waals surface area contributed by atoms with Crippen molar-refractivity contribution >= 4 is 15.9 Å². The van der Waals surface area contributed by atoms with Crippen LogP contribution in [0, 0.1) is 5.92 Å². The van der Waals surface area contributed by atoms with E-state index in [0.29, 0.717) is 0 Å². The molecule has 1 heterocycles. The number of hydrogen-bond donors (Lipinski definition) is 1. The van der Waals surface area contributed by atoms with E-state index in [4.69, 9.17) is 10.5 Å². The number of benzene rings is 1. The van der Waals surface area contributed by atoms with Crippen molar-refractivity contribution in [2.45, 2.75) is 50.7 Å². The van der Waals surface area contributed by atoms with Gasteiger partial charge in [0.25, 0.3) is 0 Å². The second-order valence-corrected chi connectivity index (χ2v) is 6.96. The molecule has 18 heavy (non-hydrogen) atoms. The fourth-order valence-electron chi connectivity index (χ4n) is 3.22. The maximum absolute atomic E-state index is 6.33. The van der Waals surface area contributed by atoms with Crippen molar-refractivity contribution in [1.82, 2.24) is 0 Å². The van der Waals surface area contributed by atoms with Crippen LogP contribution in [0.5, 0.6) is 5.75 Å². The fraction of sp³-hybridized carbons (Fsp3) is 0.600. The molecule has 3 rings (SSSR count). The summed E-state index contributed by atoms with van der Waals surface area (Å²) in [5.41, 5.74) is 7.38. The minimum absolute atomic E-state index is 0.0780. The fourth-order valence-corrected chi connectivity index (χ4v) is 3.60. The third-order valence-electron chi connectivity index (χ3n) is 4.32. The quantitative estimate of drug-likeness (QED) is 0.889. The summed E-state index contributed by atoms with van der Waals surface area (Å²) in [6.45, 7) is 2.22. The number of nitrogens with two attached hydrogens (primary N) is 1. The van der Waals surface area contributed by atoms with Crippen molar-refractivity contribution in [3.8, 4) is 5.75 Å². The van der Waals surface area contributed by atoms with Gasteiger partial charge >= 0.3 is 0 Å². The molecule has 2 N–H and O–H groups in total. The molecule has 0 amide bonds. The molecule has 2 unspecified atom stereocenters. The normalized spacial score (nSPS) is 31.4. The lowest BCUT2D eigenvalue weighted by atomic mass is 9.74. The van der Waals surface area contributed by atoms with Crippen molar-refractivity contribution in [3.63, 3.8) is 0 Å². The van der Waals surface area contributed by atoms with Crippen LogP contribution in [0.4, 0.5) is 0 Å². The lowest BCUT2D eigenvalue weighted by molar-refractivity contribution is 0.0171. The highest BCUT2D eigenvalue weighted by Gasteiger charge is 2.38. The second-order valence-electron chi connectivity index (χ2n) is 6.05. The average Bonchev–Trinajstić information content (AvgIpc) is 2.25. The third-order valence-corrected chi connectivity index (χ3v) is 4.82. The first-order chi connectivity index (χ1) is 8.56. The van der Waals surface area contributed by atoms with Gasteiger partial charge in [-0.2, -0.15) is 0 Å². The van der Waals surface area contributed by atoms with Crippen molar-refractivity contribution in [2.24, 2.45) is 11.7 Å². The number of hydrogen-bond acceptors (Lipinski definition) is 2. The Morgan fingerprint density at radius 3 is 2.89 bits per heavy atom. The van der Waals surface area contributed by atoms with E-state index >= 15 is 0 Å². The Morgan fingerprint density at radius 2 is 2.22 bits per heavy atom. The Hall–Kier alpha value is -0.540. The van der Waals surface area contributed by atoms with Gasteiger partial charge in [-0.05, 0) is 37.5 Å². The standard InChI is InChI=1S/C15H20BrNO/c1-15(8-10-3-2-4-10)9-13(17)12-7-11(16)5-6-14(12)18-15/h5-7,10,13H,2-4,8-9,17H2,1H3. The summed E-state index contributed by atoms with van der Waals surface area (Å²) >= 11 is 3.50. The van der Waals surface area contributed by atoms with Gasteiger partial charge in [0.2, 0.25) is 0 Å². The zero-order chi connectivity index (χ0) is 12.8. The number of halogens is 1. The molecule has 2 aliphatic rings. The van der Waals surface area contributed by atoms with E-state index in [1.165, 1.54) is 19.3 Å². The molecule has 1 aliphatic carbocycles. The maximum atomic E-state index is 6.33. The Balaban J connectivity index is 1.83. The average molecular weight is 310 g/mol. The summed E-state index contributed by atoms with van der Waals surface area (Å²) in [4.78, 5) is 0. The Morgan fingerprint density at radius 1 is 1.44 bits per heavy atom. The molecule has 1 aliphatic heterocycles. The van der Waals surface area contributed by atoms with Gasteiger partial charge in [-0.1, -0.05) is 35.2 Å². The topological polar surface area (TPSA) is 35.2 Å². The van der Waals surface area contributed by atoms with Gasteiger partial charge in [0.05, 0.1) is 0 Å². The van der Waals surface area contributed by atoms with Crippen molar-refractivity contribution in [3.05, 3.63) is 28.2 Å². The minimum atomic E-state index is -0.0780.